The van der Waals surface area contributed by atoms with Crippen molar-refractivity contribution in [3.8, 4) is 22.8 Å². The predicted molar refractivity (Wildman–Crippen MR) is 118 cm³/mol. The number of rotatable bonds is 6. The van der Waals surface area contributed by atoms with Gasteiger partial charge in [0.15, 0.2) is 11.6 Å². The number of hydrogen-bond donors (Lipinski definition) is 2. The number of nitrogens with one attached hydrogen (secondary N) is 1. The first kappa shape index (κ1) is 20.8. The molecule has 0 spiro atoms. The van der Waals surface area contributed by atoms with Gasteiger partial charge < -0.3 is 15.6 Å². The van der Waals surface area contributed by atoms with Crippen LogP contribution in [0.25, 0.3) is 22.8 Å². The van der Waals surface area contributed by atoms with Gasteiger partial charge in [0.05, 0.1) is 11.9 Å². The van der Waals surface area contributed by atoms with E-state index in [4.69, 9.17) is 5.73 Å². The van der Waals surface area contributed by atoms with Crippen molar-refractivity contribution >= 4 is 17.6 Å². The first-order chi connectivity index (χ1) is 15.5. The van der Waals surface area contributed by atoms with Crippen molar-refractivity contribution in [3.63, 3.8) is 0 Å². The molecule has 0 radical (unpaired) electrons. The lowest BCUT2D eigenvalue weighted by molar-refractivity contribution is 0.100. The summed E-state index contributed by atoms with van der Waals surface area (Å²) in [6.07, 6.45) is 6.02. The van der Waals surface area contributed by atoms with Gasteiger partial charge in [0, 0.05) is 35.1 Å². The molecule has 10 nitrogen and oxygen atoms in total. The van der Waals surface area contributed by atoms with Crippen LogP contribution in [0.15, 0.2) is 61.3 Å². The molecule has 0 aliphatic carbocycles. The van der Waals surface area contributed by atoms with Crippen molar-refractivity contribution in [2.24, 2.45) is 5.73 Å². The zero-order valence-corrected chi connectivity index (χ0v) is 17.4. The molecule has 32 heavy (non-hydrogen) atoms. The Labute approximate surface area is 183 Å². The van der Waals surface area contributed by atoms with Crippen LogP contribution in [0.2, 0.25) is 0 Å². The van der Waals surface area contributed by atoms with E-state index >= 15 is 0 Å². The van der Waals surface area contributed by atoms with Crippen LogP contribution in [0.1, 0.15) is 40.6 Å². The van der Waals surface area contributed by atoms with E-state index in [9.17, 15) is 9.59 Å². The maximum atomic E-state index is 13.1. The van der Waals surface area contributed by atoms with E-state index in [-0.39, 0.29) is 23.0 Å². The highest BCUT2D eigenvalue weighted by Gasteiger charge is 2.22. The Morgan fingerprint density at radius 1 is 1.03 bits per heavy atom. The van der Waals surface area contributed by atoms with E-state index in [1.54, 1.807) is 42.7 Å². The van der Waals surface area contributed by atoms with Gasteiger partial charge in [-0.3, -0.25) is 14.6 Å². The first-order valence-electron chi connectivity index (χ1n) is 9.83. The maximum absolute atomic E-state index is 13.1. The second-order valence-electron chi connectivity index (χ2n) is 7.20. The molecule has 10 heteroatoms. The van der Waals surface area contributed by atoms with Crippen LogP contribution in [0.4, 0.5) is 5.82 Å². The van der Waals surface area contributed by atoms with E-state index in [2.05, 4.69) is 30.5 Å². The lowest BCUT2D eigenvalue weighted by Crippen LogP contribution is -2.19. The van der Waals surface area contributed by atoms with E-state index in [1.807, 2.05) is 18.4 Å². The normalized spacial score (nSPS) is 10.8. The minimum atomic E-state index is -0.674. The van der Waals surface area contributed by atoms with Crippen LogP contribution in [0.5, 0.6) is 0 Å². The number of hydrogen-bond acceptors (Lipinski definition) is 7. The molecular weight excluding hydrogens is 408 g/mol. The minimum Gasteiger partial charge on any atom is -0.366 e. The largest absolute Gasteiger partial charge is 0.366 e. The van der Waals surface area contributed by atoms with Gasteiger partial charge in [-0.25, -0.2) is 9.97 Å². The Morgan fingerprint density at radius 2 is 1.78 bits per heavy atom. The van der Waals surface area contributed by atoms with Crippen LogP contribution in [0.3, 0.4) is 0 Å². The number of nitrogens with two attached hydrogens (primary N) is 1. The van der Waals surface area contributed by atoms with Crippen molar-refractivity contribution in [2.75, 3.05) is 5.32 Å². The van der Waals surface area contributed by atoms with Crippen LogP contribution < -0.4 is 11.1 Å². The Kier molecular flexibility index (Phi) is 5.67. The average molecular weight is 428 g/mol. The third kappa shape index (κ3) is 4.06. The number of aromatic nitrogens is 6. The molecular formula is C22H20N8O2. The predicted octanol–water partition coefficient (Wildman–Crippen LogP) is 2.73. The Hall–Kier alpha value is -4.47. The van der Waals surface area contributed by atoms with Gasteiger partial charge in [0.25, 0.3) is 5.91 Å². The molecule has 3 aromatic heterocycles. The molecule has 0 fully saturated rings. The zero-order valence-electron chi connectivity index (χ0n) is 17.4. The second kappa shape index (κ2) is 8.72. The number of carbonyl (C=O) groups excluding carboxylic acids is 2. The monoisotopic (exact) mass is 428 g/mol. The number of anilines is 1. The summed E-state index contributed by atoms with van der Waals surface area (Å²) in [5.74, 6) is -0.295. The van der Waals surface area contributed by atoms with E-state index < -0.39 is 11.8 Å². The molecule has 0 unspecified atom stereocenters. The summed E-state index contributed by atoms with van der Waals surface area (Å²) >= 11 is 0. The van der Waals surface area contributed by atoms with E-state index in [0.29, 0.717) is 22.8 Å². The molecule has 1 aromatic carbocycles. The van der Waals surface area contributed by atoms with Crippen LogP contribution in [-0.2, 0) is 0 Å². The molecule has 0 saturated carbocycles. The first-order valence-corrected chi connectivity index (χ1v) is 9.83. The van der Waals surface area contributed by atoms with Gasteiger partial charge >= 0.3 is 0 Å². The number of amides is 2. The standard InChI is InChI=1S/C22H20N8O2/c1-13(2)30-12-26-29-21(30)17-8-4-7-16(27-17)19-14(20(23)31)5-3-6-15(19)22(32)28-18-11-24-9-10-25-18/h3-13H,1-2H3,(H2,23,31)(H,25,28,32). The SMILES string of the molecule is CC(C)n1cnnc1-c1cccc(-c2c(C(N)=O)cccc2C(=O)Nc2cnccn2)n1. The highest BCUT2D eigenvalue weighted by atomic mass is 16.2. The molecule has 4 rings (SSSR count). The molecule has 0 bridgehead atoms. The smallest absolute Gasteiger partial charge is 0.257 e. The van der Waals surface area contributed by atoms with Gasteiger partial charge in [-0.1, -0.05) is 12.1 Å². The molecule has 4 aromatic rings. The third-order valence-electron chi connectivity index (χ3n) is 4.74. The zero-order chi connectivity index (χ0) is 22.7. The number of pyridine rings is 1. The van der Waals surface area contributed by atoms with Crippen molar-refractivity contribution in [1.82, 2.24) is 29.7 Å². The maximum Gasteiger partial charge on any atom is 0.257 e. The fourth-order valence-electron chi connectivity index (χ4n) is 3.27. The van der Waals surface area contributed by atoms with Crippen molar-refractivity contribution in [1.29, 1.82) is 0 Å². The molecule has 160 valence electrons. The van der Waals surface area contributed by atoms with Gasteiger partial charge in [0.2, 0.25) is 5.91 Å². The Bertz CT molecular complexity index is 1280. The summed E-state index contributed by atoms with van der Waals surface area (Å²) in [5.41, 5.74) is 7.29. The average Bonchev–Trinajstić information content (AvgIpc) is 3.30. The van der Waals surface area contributed by atoms with Crippen LogP contribution >= 0.6 is 0 Å². The van der Waals surface area contributed by atoms with Crippen molar-refractivity contribution < 1.29 is 9.59 Å². The summed E-state index contributed by atoms with van der Waals surface area (Å²) in [6.45, 7) is 4.02. The summed E-state index contributed by atoms with van der Waals surface area (Å²) in [5, 5.41) is 10.8. The van der Waals surface area contributed by atoms with Crippen molar-refractivity contribution in [3.05, 3.63) is 72.4 Å². The minimum absolute atomic E-state index is 0.122. The summed E-state index contributed by atoms with van der Waals surface area (Å²) in [7, 11) is 0. The molecule has 2 amide bonds. The molecule has 0 saturated heterocycles. The summed E-state index contributed by atoms with van der Waals surface area (Å²) < 4.78 is 1.88. The highest BCUT2D eigenvalue weighted by molar-refractivity contribution is 6.12. The topological polar surface area (TPSA) is 142 Å². The number of primary amides is 1. The summed E-state index contributed by atoms with van der Waals surface area (Å²) in [4.78, 5) is 37.9. The van der Waals surface area contributed by atoms with Gasteiger partial charge in [-0.15, -0.1) is 10.2 Å². The summed E-state index contributed by atoms with van der Waals surface area (Å²) in [6, 6.07) is 10.1. The second-order valence-corrected chi connectivity index (χ2v) is 7.20. The molecule has 3 heterocycles. The van der Waals surface area contributed by atoms with Gasteiger partial charge in [-0.2, -0.15) is 0 Å². The third-order valence-corrected chi connectivity index (χ3v) is 4.74. The Balaban J connectivity index is 1.83. The molecule has 0 aliphatic rings. The Morgan fingerprint density at radius 3 is 2.50 bits per heavy atom. The van der Waals surface area contributed by atoms with Crippen LogP contribution in [0, 0.1) is 0 Å². The number of nitrogens with zero attached hydrogens (tertiary/aromatic N) is 6. The van der Waals surface area contributed by atoms with Gasteiger partial charge in [0.1, 0.15) is 12.0 Å². The van der Waals surface area contributed by atoms with E-state index in [1.165, 1.54) is 18.6 Å². The highest BCUT2D eigenvalue weighted by Crippen LogP contribution is 2.29. The molecule has 3 N–H and O–H groups in total. The number of carbonyl (C=O) groups is 2. The van der Waals surface area contributed by atoms with E-state index in [0.717, 1.165) is 0 Å². The van der Waals surface area contributed by atoms with Gasteiger partial charge in [-0.05, 0) is 38.1 Å². The van der Waals surface area contributed by atoms with Crippen molar-refractivity contribution in [2.45, 2.75) is 19.9 Å². The van der Waals surface area contributed by atoms with Crippen LogP contribution in [-0.4, -0.2) is 41.5 Å². The molecule has 0 atom stereocenters. The number of benzene rings is 1. The quantitative estimate of drug-likeness (QED) is 0.481. The fourth-order valence-corrected chi connectivity index (χ4v) is 3.27. The lowest BCUT2D eigenvalue weighted by atomic mass is 9.96. The molecule has 0 aliphatic heterocycles. The lowest BCUT2D eigenvalue weighted by Gasteiger charge is -2.14. The fraction of sp³-hybridized carbons (Fsp3) is 0.136.